The molecule has 13 aromatic carbocycles. The molecule has 0 unspecified atom stereocenters. The molecule has 88 heavy (non-hydrogen) atoms. The molecule has 0 atom stereocenters. The topological polar surface area (TPSA) is 37.2 Å². The molecule has 0 saturated carbocycles. The van der Waals surface area contributed by atoms with Gasteiger partial charge in [-0.15, -0.1) is 11.3 Å². The fourth-order valence-corrected chi connectivity index (χ4v) is 17.4. The van der Waals surface area contributed by atoms with Crippen LogP contribution in [0.25, 0.3) is 135 Å². The minimum absolute atomic E-state index is 0.105. The van der Waals surface area contributed by atoms with Crippen LogP contribution in [-0.2, 0) is 10.8 Å². The first-order chi connectivity index (χ1) is 43.1. The largest absolute Gasteiger partial charge is 0.454 e. The molecule has 0 amide bonds. The van der Waals surface area contributed by atoms with Gasteiger partial charge < -0.3 is 23.0 Å². The van der Waals surface area contributed by atoms with Crippen molar-refractivity contribution in [2.24, 2.45) is 0 Å². The lowest BCUT2D eigenvalue weighted by atomic mass is 9.82. The number of fused-ring (bicyclic) bond motifs is 23. The molecule has 0 spiro atoms. The zero-order chi connectivity index (χ0) is 58.1. The van der Waals surface area contributed by atoms with Crippen LogP contribution in [0.2, 0.25) is 0 Å². The highest BCUT2D eigenvalue weighted by Gasteiger charge is 2.38. The summed E-state index contributed by atoms with van der Waals surface area (Å²) in [7, 11) is 0. The van der Waals surface area contributed by atoms with Crippen LogP contribution in [-0.4, -0.2) is 4.40 Å². The lowest BCUT2D eigenvalue weighted by molar-refractivity contribution is 0.660. The molecule has 18 aromatic rings. The van der Waals surface area contributed by atoms with Crippen molar-refractivity contribution in [3.8, 4) is 22.3 Å². The first-order valence-electron chi connectivity index (χ1n) is 30.5. The number of benzene rings is 13. The van der Waals surface area contributed by atoms with Crippen molar-refractivity contribution in [3.63, 3.8) is 0 Å². The Hall–Kier alpha value is -10.7. The summed E-state index contributed by atoms with van der Waals surface area (Å²) in [5, 5.41) is 14.5. The van der Waals surface area contributed by atoms with Gasteiger partial charge in [0, 0.05) is 96.8 Å². The summed E-state index contributed by atoms with van der Waals surface area (Å²) in [5.74, 6) is 0. The number of thiophene rings is 1. The normalized spacial score (nSPS) is 14.1. The molecule has 0 saturated heterocycles. The Balaban J connectivity index is 0.768. The van der Waals surface area contributed by atoms with Crippen molar-refractivity contribution in [2.75, 3.05) is 9.80 Å². The molecule has 5 aromatic heterocycles. The van der Waals surface area contributed by atoms with Gasteiger partial charge in [-0.2, -0.15) is 0 Å². The maximum atomic E-state index is 6.87. The van der Waals surface area contributed by atoms with E-state index in [1.54, 1.807) is 0 Å². The van der Waals surface area contributed by atoms with E-state index in [1.165, 1.54) is 114 Å². The SMILES string of the molecule is CC1(C)c2ccccc2-c2cc(N(c3ccc4c(c3)sc3cc5c(ccc6c5c5cccc7c8ccc(N(c9ccc%10c(c9)-c9ccccc9C%10(C)C)c9cccc%10c9oc9ccccc9%10)cc8n6c75)cc34)c3cccc4c3oc3ccccc34)ccc21. The lowest BCUT2D eigenvalue weighted by Gasteiger charge is -2.27. The third kappa shape index (κ3) is 6.34. The maximum absolute atomic E-state index is 6.87. The molecular weight excluding hydrogens is 1090 g/mol. The van der Waals surface area contributed by atoms with E-state index in [4.69, 9.17) is 8.83 Å². The Labute approximate surface area is 510 Å². The number of aromatic nitrogens is 1. The predicted molar refractivity (Wildman–Crippen MR) is 371 cm³/mol. The number of hydrogen-bond donors (Lipinski definition) is 0. The molecule has 414 valence electrons. The Bertz CT molecular complexity index is 6110. The summed E-state index contributed by atoms with van der Waals surface area (Å²) in [6.07, 6.45) is 0. The standard InChI is InChI=1S/C82H53N3O2S/c1-81(2)65-24-9-5-16-51(65)62-41-47(33-37-67(62)81)83(70-26-14-21-58-54-18-7-11-28-73(54)86-79(58)70)49-31-35-53-57-20-13-23-60-77-61-45-76-64(40-46(61)30-39-69(77)85(78(57)60)72(53)43-49)56-36-32-50(44-75(56)88-76)84(71-27-15-22-59-55-19-8-12-29-74(55)87-80(59)71)48-34-38-68-63(42-48)52-17-6-10-25-66(52)82(68,3)4/h5-45H,1-4H3. The third-order valence-corrected chi connectivity index (χ3v) is 21.4. The van der Waals surface area contributed by atoms with Crippen LogP contribution < -0.4 is 9.80 Å². The highest BCUT2D eigenvalue weighted by molar-refractivity contribution is 7.26. The average Bonchev–Trinajstić information content (AvgIpc) is 1.58. The van der Waals surface area contributed by atoms with Crippen LogP contribution in [0.4, 0.5) is 34.1 Å². The first-order valence-corrected chi connectivity index (χ1v) is 31.4. The van der Waals surface area contributed by atoms with Crippen molar-refractivity contribution in [1.82, 2.24) is 4.40 Å². The summed E-state index contributed by atoms with van der Waals surface area (Å²) < 4.78 is 18.7. The van der Waals surface area contributed by atoms with Gasteiger partial charge in [-0.3, -0.25) is 0 Å². The van der Waals surface area contributed by atoms with Crippen molar-refractivity contribution >= 4 is 158 Å². The fraction of sp³-hybridized carbons (Fsp3) is 0.0732. The highest BCUT2D eigenvalue weighted by atomic mass is 32.1. The Morgan fingerprint density at radius 2 is 0.818 bits per heavy atom. The zero-order valence-corrected chi connectivity index (χ0v) is 49.6. The van der Waals surface area contributed by atoms with Gasteiger partial charge in [-0.1, -0.05) is 185 Å². The van der Waals surface area contributed by atoms with E-state index in [0.717, 1.165) is 78.0 Å². The monoisotopic (exact) mass is 1140 g/mol. The average molecular weight is 1140 g/mol. The van der Waals surface area contributed by atoms with Gasteiger partial charge in [0.25, 0.3) is 0 Å². The molecule has 6 heteroatoms. The van der Waals surface area contributed by atoms with Crippen LogP contribution >= 0.6 is 11.3 Å². The van der Waals surface area contributed by atoms with E-state index >= 15 is 0 Å². The minimum Gasteiger partial charge on any atom is -0.454 e. The van der Waals surface area contributed by atoms with Gasteiger partial charge in [-0.25, -0.2) is 0 Å². The summed E-state index contributed by atoms with van der Waals surface area (Å²) in [4.78, 5) is 4.84. The number of furan rings is 2. The van der Waals surface area contributed by atoms with E-state index in [1.807, 2.05) is 11.3 Å². The summed E-state index contributed by atoms with van der Waals surface area (Å²) >= 11 is 1.88. The quantitative estimate of drug-likeness (QED) is 0.166. The van der Waals surface area contributed by atoms with E-state index in [-0.39, 0.29) is 10.8 Å². The van der Waals surface area contributed by atoms with Gasteiger partial charge >= 0.3 is 0 Å². The molecule has 20 rings (SSSR count). The number of nitrogens with zero attached hydrogens (tertiary/aromatic N) is 3. The molecule has 2 aliphatic rings. The van der Waals surface area contributed by atoms with Gasteiger partial charge in [0.05, 0.1) is 27.9 Å². The predicted octanol–water partition coefficient (Wildman–Crippen LogP) is 23.7. The van der Waals surface area contributed by atoms with Crippen LogP contribution in [0, 0.1) is 0 Å². The second-order valence-electron chi connectivity index (χ2n) is 25.5. The molecule has 0 fully saturated rings. The van der Waals surface area contributed by atoms with Crippen molar-refractivity contribution < 1.29 is 8.83 Å². The van der Waals surface area contributed by atoms with Crippen molar-refractivity contribution in [3.05, 3.63) is 271 Å². The van der Waals surface area contributed by atoms with E-state index in [9.17, 15) is 0 Å². The number of hydrogen-bond acceptors (Lipinski definition) is 5. The zero-order valence-electron chi connectivity index (χ0n) is 48.7. The summed E-state index contributed by atoms with van der Waals surface area (Å²) in [6.45, 7) is 9.40. The molecule has 0 radical (unpaired) electrons. The van der Waals surface area contributed by atoms with E-state index in [2.05, 4.69) is 291 Å². The second kappa shape index (κ2) is 17.1. The smallest absolute Gasteiger partial charge is 0.159 e. The van der Waals surface area contributed by atoms with Gasteiger partial charge in [0.2, 0.25) is 0 Å². The molecular formula is C82H53N3O2S. The molecule has 0 bridgehead atoms. The molecule has 0 aliphatic heterocycles. The van der Waals surface area contributed by atoms with Crippen LogP contribution in [0.5, 0.6) is 0 Å². The Morgan fingerprint density at radius 1 is 0.330 bits per heavy atom. The van der Waals surface area contributed by atoms with Gasteiger partial charge in [0.1, 0.15) is 11.2 Å². The summed E-state index contributed by atoms with van der Waals surface area (Å²) in [6, 6.07) is 92.6. The molecule has 2 aliphatic carbocycles. The number of rotatable bonds is 6. The van der Waals surface area contributed by atoms with E-state index < -0.39 is 0 Å². The summed E-state index contributed by atoms with van der Waals surface area (Å²) in [5.41, 5.74) is 23.8. The van der Waals surface area contributed by atoms with Gasteiger partial charge in [-0.05, 0) is 146 Å². The van der Waals surface area contributed by atoms with Crippen molar-refractivity contribution in [2.45, 2.75) is 38.5 Å². The Kier molecular flexibility index (Phi) is 9.42. The van der Waals surface area contributed by atoms with E-state index in [0.29, 0.717) is 0 Å². The number of para-hydroxylation sites is 5. The first kappa shape index (κ1) is 48.6. The lowest BCUT2D eigenvalue weighted by Crippen LogP contribution is -2.15. The highest BCUT2D eigenvalue weighted by Crippen LogP contribution is 2.55. The second-order valence-corrected chi connectivity index (χ2v) is 26.6. The molecule has 5 nitrogen and oxygen atoms in total. The van der Waals surface area contributed by atoms with Crippen LogP contribution in [0.1, 0.15) is 49.9 Å². The van der Waals surface area contributed by atoms with Crippen LogP contribution in [0.3, 0.4) is 0 Å². The fourth-order valence-electron chi connectivity index (χ4n) is 16.2. The van der Waals surface area contributed by atoms with Gasteiger partial charge in [0.15, 0.2) is 11.2 Å². The number of anilines is 6. The van der Waals surface area contributed by atoms with Crippen LogP contribution in [0.15, 0.2) is 258 Å². The molecule has 0 N–H and O–H groups in total. The third-order valence-electron chi connectivity index (χ3n) is 20.3. The minimum atomic E-state index is -0.115. The van der Waals surface area contributed by atoms with Crippen molar-refractivity contribution in [1.29, 1.82) is 0 Å². The maximum Gasteiger partial charge on any atom is 0.159 e. The Morgan fingerprint density at radius 3 is 1.45 bits per heavy atom. The molecule has 5 heterocycles.